The van der Waals surface area contributed by atoms with Crippen molar-refractivity contribution < 1.29 is 22.4 Å². The van der Waals surface area contributed by atoms with Crippen LogP contribution in [0.15, 0.2) is 27.8 Å². The van der Waals surface area contributed by atoms with Crippen molar-refractivity contribution in [3.63, 3.8) is 0 Å². The second kappa shape index (κ2) is 9.23. The quantitative estimate of drug-likeness (QED) is 0.521. The number of carbonyl (C=O) groups excluding carboxylic acids is 1. The van der Waals surface area contributed by atoms with Gasteiger partial charge in [0.25, 0.3) is 11.5 Å². The van der Waals surface area contributed by atoms with Crippen LogP contribution < -0.4 is 16.0 Å². The Balaban J connectivity index is 2.58. The molecule has 0 radical (unpaired) electrons. The fourth-order valence-corrected chi connectivity index (χ4v) is 3.33. The van der Waals surface area contributed by atoms with Crippen LogP contribution >= 0.6 is 23.7 Å². The molecule has 0 fully saturated rings. The van der Waals surface area contributed by atoms with Crippen molar-refractivity contribution in [1.82, 2.24) is 18.2 Å². The lowest BCUT2D eigenvalue weighted by atomic mass is 10.1. The number of nitrogens with zero attached hydrogens (tertiary/aromatic N) is 3. The zero-order valence-corrected chi connectivity index (χ0v) is 17.6. The van der Waals surface area contributed by atoms with Crippen molar-refractivity contribution in [1.29, 1.82) is 0 Å². The highest BCUT2D eigenvalue weighted by molar-refractivity contribution is 7.95. The first-order valence-electron chi connectivity index (χ1n) is 8.54. The van der Waals surface area contributed by atoms with Gasteiger partial charge in [0, 0.05) is 38.3 Å². The molecule has 1 aromatic heterocycles. The standard InChI is InChI=1S/C17H17ClF4N4O3S/c1-4-25(5-2)30-23-15(28)9-6-12(11(19)7-10(9)18)26-14(27)8-13(17(20,21)22)24(3)16(26)29/h6-8H,4-5H2,1-3H3,(H,23,28). The van der Waals surface area contributed by atoms with E-state index in [1.54, 1.807) is 4.31 Å². The lowest BCUT2D eigenvalue weighted by molar-refractivity contribution is -0.144. The van der Waals surface area contributed by atoms with Crippen LogP contribution in [0.1, 0.15) is 29.9 Å². The fraction of sp³-hybridized carbons (Fsp3) is 0.353. The van der Waals surface area contributed by atoms with Crippen LogP contribution in [0, 0.1) is 5.82 Å². The van der Waals surface area contributed by atoms with E-state index >= 15 is 0 Å². The third-order valence-corrected chi connectivity index (χ3v) is 5.47. The minimum absolute atomic E-state index is 0.172. The van der Waals surface area contributed by atoms with Crippen LogP contribution in [0.3, 0.4) is 0 Å². The largest absolute Gasteiger partial charge is 0.431 e. The minimum atomic E-state index is -4.96. The van der Waals surface area contributed by atoms with E-state index < -0.39 is 40.5 Å². The molecule has 13 heteroatoms. The first kappa shape index (κ1) is 24.0. The number of carbonyl (C=O) groups is 1. The van der Waals surface area contributed by atoms with Crippen LogP contribution in [0.25, 0.3) is 5.69 Å². The minimum Gasteiger partial charge on any atom is -0.292 e. The topological polar surface area (TPSA) is 76.3 Å². The molecule has 1 N–H and O–H groups in total. The Morgan fingerprint density at radius 2 is 1.80 bits per heavy atom. The van der Waals surface area contributed by atoms with Crippen molar-refractivity contribution in [3.8, 4) is 5.69 Å². The number of hydrogen-bond donors (Lipinski definition) is 1. The molecule has 1 aromatic carbocycles. The van der Waals surface area contributed by atoms with Crippen molar-refractivity contribution in [2.24, 2.45) is 7.05 Å². The Hall–Kier alpha value is -2.31. The van der Waals surface area contributed by atoms with Gasteiger partial charge in [0.15, 0.2) is 0 Å². The van der Waals surface area contributed by atoms with Gasteiger partial charge < -0.3 is 0 Å². The maximum Gasteiger partial charge on any atom is 0.431 e. The van der Waals surface area contributed by atoms with E-state index in [-0.39, 0.29) is 25.8 Å². The Morgan fingerprint density at radius 3 is 2.33 bits per heavy atom. The fourth-order valence-electron chi connectivity index (χ4n) is 2.52. The molecule has 0 bridgehead atoms. The summed E-state index contributed by atoms with van der Waals surface area (Å²) in [5.74, 6) is -1.90. The van der Waals surface area contributed by atoms with E-state index in [1.807, 2.05) is 13.8 Å². The Kier molecular flexibility index (Phi) is 7.37. The zero-order valence-electron chi connectivity index (χ0n) is 16.0. The third kappa shape index (κ3) is 4.87. The molecule has 164 valence electrons. The molecular formula is C17H17ClF4N4O3S. The summed E-state index contributed by atoms with van der Waals surface area (Å²) >= 11 is 6.89. The van der Waals surface area contributed by atoms with Gasteiger partial charge in [-0.3, -0.25) is 18.9 Å². The highest BCUT2D eigenvalue weighted by atomic mass is 35.5. The van der Waals surface area contributed by atoms with Crippen LogP contribution in [0.4, 0.5) is 17.6 Å². The van der Waals surface area contributed by atoms with Crippen LogP contribution in [-0.2, 0) is 13.2 Å². The Bertz CT molecular complexity index is 1080. The molecule has 1 heterocycles. The number of aromatic nitrogens is 2. The summed E-state index contributed by atoms with van der Waals surface area (Å²) in [6, 6.07) is 1.72. The molecule has 0 spiro atoms. The monoisotopic (exact) mass is 468 g/mol. The van der Waals surface area contributed by atoms with Gasteiger partial charge in [-0.1, -0.05) is 25.4 Å². The van der Waals surface area contributed by atoms with Crippen molar-refractivity contribution in [2.75, 3.05) is 13.1 Å². The molecule has 7 nitrogen and oxygen atoms in total. The van der Waals surface area contributed by atoms with E-state index in [9.17, 15) is 31.9 Å². The van der Waals surface area contributed by atoms with Gasteiger partial charge in [-0.15, -0.1) is 0 Å². The summed E-state index contributed by atoms with van der Waals surface area (Å²) in [6.45, 7) is 4.94. The summed E-state index contributed by atoms with van der Waals surface area (Å²) in [5, 5.41) is -0.300. The van der Waals surface area contributed by atoms with Crippen molar-refractivity contribution in [3.05, 3.63) is 61.1 Å². The van der Waals surface area contributed by atoms with Gasteiger partial charge in [0.2, 0.25) is 0 Å². The van der Waals surface area contributed by atoms with E-state index in [0.717, 1.165) is 25.2 Å². The maximum atomic E-state index is 14.5. The maximum absolute atomic E-state index is 14.5. The number of rotatable bonds is 6. The van der Waals surface area contributed by atoms with E-state index in [2.05, 4.69) is 4.72 Å². The van der Waals surface area contributed by atoms with Crippen LogP contribution in [0.5, 0.6) is 0 Å². The zero-order chi connectivity index (χ0) is 22.8. The molecular weight excluding hydrogens is 452 g/mol. The molecule has 2 rings (SSSR count). The van der Waals surface area contributed by atoms with Crippen molar-refractivity contribution in [2.45, 2.75) is 20.0 Å². The summed E-state index contributed by atoms with van der Waals surface area (Å²) in [5.41, 5.74) is -5.29. The van der Waals surface area contributed by atoms with E-state index in [0.29, 0.717) is 19.2 Å². The number of hydrogen-bond acceptors (Lipinski definition) is 5. The van der Waals surface area contributed by atoms with Gasteiger partial charge in [0.1, 0.15) is 11.5 Å². The number of halogens is 5. The summed E-state index contributed by atoms with van der Waals surface area (Å²) in [4.78, 5) is 37.0. The smallest absolute Gasteiger partial charge is 0.292 e. The molecule has 30 heavy (non-hydrogen) atoms. The summed E-state index contributed by atoms with van der Waals surface area (Å²) in [7, 11) is 0.795. The lowest BCUT2D eigenvalue weighted by Crippen LogP contribution is -2.41. The summed E-state index contributed by atoms with van der Waals surface area (Å²) < 4.78 is 58.1. The SMILES string of the molecule is CCN(CC)SNC(=O)c1cc(-n2c(=O)cc(C(F)(F)F)n(C)c2=O)c(F)cc1Cl. The highest BCUT2D eigenvalue weighted by Gasteiger charge is 2.35. The van der Waals surface area contributed by atoms with Gasteiger partial charge in [-0.25, -0.2) is 18.1 Å². The number of benzene rings is 1. The third-order valence-electron chi connectivity index (χ3n) is 4.11. The first-order valence-corrected chi connectivity index (χ1v) is 9.69. The molecule has 0 aliphatic heterocycles. The second-order valence-electron chi connectivity index (χ2n) is 5.96. The van der Waals surface area contributed by atoms with Crippen LogP contribution in [0.2, 0.25) is 5.02 Å². The summed E-state index contributed by atoms with van der Waals surface area (Å²) in [6.07, 6.45) is -4.96. The molecule has 2 aromatic rings. The average Bonchev–Trinajstić information content (AvgIpc) is 2.66. The van der Waals surface area contributed by atoms with Gasteiger partial charge >= 0.3 is 11.9 Å². The van der Waals surface area contributed by atoms with Gasteiger partial charge in [-0.05, 0) is 12.1 Å². The molecule has 0 atom stereocenters. The molecule has 0 aliphatic rings. The Morgan fingerprint density at radius 1 is 1.20 bits per heavy atom. The Labute approximate surface area is 177 Å². The number of nitrogens with one attached hydrogen (secondary N) is 1. The normalized spacial score (nSPS) is 11.8. The molecule has 0 saturated heterocycles. The van der Waals surface area contributed by atoms with E-state index in [1.165, 1.54) is 0 Å². The predicted octanol–water partition coefficient (Wildman–Crippen LogP) is 2.98. The molecule has 0 aliphatic carbocycles. The first-order chi connectivity index (χ1) is 13.9. The van der Waals surface area contributed by atoms with Crippen LogP contribution in [-0.4, -0.2) is 32.4 Å². The number of alkyl halides is 3. The average molecular weight is 469 g/mol. The predicted molar refractivity (Wildman–Crippen MR) is 105 cm³/mol. The lowest BCUT2D eigenvalue weighted by Gasteiger charge is -2.17. The van der Waals surface area contributed by atoms with Crippen molar-refractivity contribution >= 4 is 29.6 Å². The second-order valence-corrected chi connectivity index (χ2v) is 7.27. The van der Waals surface area contributed by atoms with E-state index in [4.69, 9.17) is 11.6 Å². The molecule has 0 unspecified atom stereocenters. The molecule has 0 saturated carbocycles. The number of amides is 1. The van der Waals surface area contributed by atoms with Gasteiger partial charge in [0.05, 0.1) is 16.3 Å². The highest BCUT2D eigenvalue weighted by Crippen LogP contribution is 2.27. The van der Waals surface area contributed by atoms with Gasteiger partial charge in [-0.2, -0.15) is 13.2 Å². The molecule has 1 amide bonds.